The molecule has 1 unspecified atom stereocenters. The molecule has 148 valence electrons. The van der Waals surface area contributed by atoms with E-state index >= 15 is 0 Å². The third-order valence-corrected chi connectivity index (χ3v) is 6.14. The second-order valence-corrected chi connectivity index (χ2v) is 8.23. The lowest BCUT2D eigenvalue weighted by Gasteiger charge is -2.35. The second kappa shape index (κ2) is 10.3. The molecule has 8 nitrogen and oxygen atoms in total. The number of nitrogens with zero attached hydrogens (tertiary/aromatic N) is 3. The molecule has 1 aliphatic rings. The van der Waals surface area contributed by atoms with Gasteiger partial charge < -0.3 is 15.8 Å². The lowest BCUT2D eigenvalue weighted by molar-refractivity contribution is 0.245. The third kappa shape index (κ3) is 5.96. The summed E-state index contributed by atoms with van der Waals surface area (Å²) in [6.07, 6.45) is 2.64. The number of nitrogens with one attached hydrogen (secondary N) is 1. The van der Waals surface area contributed by atoms with Crippen LogP contribution in [-0.2, 0) is 10.2 Å². The van der Waals surface area contributed by atoms with Gasteiger partial charge in [-0.1, -0.05) is 12.5 Å². The Hall–Kier alpha value is -1.11. The number of aliphatic imine (C=N–C) groups is 1. The Bertz CT molecular complexity index is 712. The molecule has 2 rings (SSSR count). The van der Waals surface area contributed by atoms with E-state index in [4.69, 9.17) is 10.5 Å². The summed E-state index contributed by atoms with van der Waals surface area (Å²) in [6, 6.07) is 7.18. The van der Waals surface area contributed by atoms with E-state index in [1.807, 2.05) is 24.3 Å². The highest BCUT2D eigenvalue weighted by molar-refractivity contribution is 14.0. The van der Waals surface area contributed by atoms with Gasteiger partial charge in [-0.2, -0.15) is 17.0 Å². The number of anilines is 1. The normalized spacial score (nSPS) is 19.1. The first-order valence-electron chi connectivity index (χ1n) is 8.25. The van der Waals surface area contributed by atoms with Crippen LogP contribution >= 0.6 is 24.0 Å². The van der Waals surface area contributed by atoms with Gasteiger partial charge >= 0.3 is 0 Å². The van der Waals surface area contributed by atoms with Gasteiger partial charge in [-0.05, 0) is 25.0 Å². The number of piperidine rings is 1. The van der Waals surface area contributed by atoms with Crippen molar-refractivity contribution in [2.75, 3.05) is 39.6 Å². The molecule has 0 bridgehead atoms. The number of rotatable bonds is 6. The molecule has 1 atom stereocenters. The summed E-state index contributed by atoms with van der Waals surface area (Å²) in [4.78, 5) is 4.34. The van der Waals surface area contributed by atoms with Gasteiger partial charge in [0.05, 0.1) is 13.7 Å². The van der Waals surface area contributed by atoms with E-state index in [-0.39, 0.29) is 36.0 Å². The van der Waals surface area contributed by atoms with Crippen LogP contribution < -0.4 is 15.8 Å². The predicted octanol–water partition coefficient (Wildman–Crippen LogP) is 1.70. The van der Waals surface area contributed by atoms with Crippen LogP contribution in [0.15, 0.2) is 29.3 Å². The second-order valence-electron chi connectivity index (χ2n) is 6.13. The molecule has 0 aliphatic carbocycles. The molecule has 0 spiro atoms. The molecular weight excluding hydrogens is 469 g/mol. The highest BCUT2D eigenvalue weighted by atomic mass is 127. The minimum absolute atomic E-state index is 0. The molecule has 3 N–H and O–H groups in total. The molecule has 1 heterocycles. The van der Waals surface area contributed by atoms with Crippen molar-refractivity contribution in [3.63, 3.8) is 0 Å². The van der Waals surface area contributed by atoms with Crippen molar-refractivity contribution in [2.24, 2.45) is 10.7 Å². The first-order chi connectivity index (χ1) is 11.8. The number of guanidine groups is 1. The Kier molecular flexibility index (Phi) is 9.07. The van der Waals surface area contributed by atoms with Crippen LogP contribution in [0.25, 0.3) is 0 Å². The number of benzene rings is 1. The number of nitrogens with two attached hydrogens (primary N) is 1. The average Bonchev–Trinajstić information content (AvgIpc) is 2.60. The topological polar surface area (TPSA) is 100 Å². The summed E-state index contributed by atoms with van der Waals surface area (Å²) < 4.78 is 32.8. The third-order valence-electron chi connectivity index (χ3n) is 4.15. The van der Waals surface area contributed by atoms with Gasteiger partial charge in [0.1, 0.15) is 5.75 Å². The molecule has 26 heavy (non-hydrogen) atoms. The highest BCUT2D eigenvalue weighted by Gasteiger charge is 2.33. The standard InChI is InChI=1S/C16H27N5O3S.HI/c1-20(2)25(22,23)21-10-5-4-8-14(21)12-18-16(17)19-13-7-6-9-15(11-13)24-3;/h6-7,9,11,14H,4-5,8,10,12H2,1-3H3,(H3,17,18,19);1H. The molecule has 0 radical (unpaired) electrons. The summed E-state index contributed by atoms with van der Waals surface area (Å²) in [6.45, 7) is 0.847. The van der Waals surface area contributed by atoms with Gasteiger partial charge in [0.15, 0.2) is 5.96 Å². The zero-order valence-corrected chi connectivity index (χ0v) is 18.5. The van der Waals surface area contributed by atoms with E-state index < -0.39 is 10.2 Å². The summed E-state index contributed by atoms with van der Waals surface area (Å²) >= 11 is 0. The van der Waals surface area contributed by atoms with Gasteiger partial charge in [0.2, 0.25) is 0 Å². The van der Waals surface area contributed by atoms with E-state index in [9.17, 15) is 8.42 Å². The Morgan fingerprint density at radius 1 is 1.42 bits per heavy atom. The maximum absolute atomic E-state index is 12.4. The van der Waals surface area contributed by atoms with Gasteiger partial charge in [-0.25, -0.2) is 0 Å². The van der Waals surface area contributed by atoms with E-state index in [0.29, 0.717) is 18.8 Å². The minimum atomic E-state index is -3.45. The van der Waals surface area contributed by atoms with Crippen LogP contribution in [0.5, 0.6) is 5.75 Å². The van der Waals surface area contributed by atoms with Gasteiger partial charge in [0.25, 0.3) is 10.2 Å². The van der Waals surface area contributed by atoms with Crippen LogP contribution in [0.3, 0.4) is 0 Å². The molecule has 10 heteroatoms. The average molecular weight is 497 g/mol. The fourth-order valence-corrected chi connectivity index (χ4v) is 4.09. The summed E-state index contributed by atoms with van der Waals surface area (Å²) in [5, 5.41) is 3.00. The van der Waals surface area contributed by atoms with Crippen molar-refractivity contribution < 1.29 is 13.2 Å². The zero-order valence-electron chi connectivity index (χ0n) is 15.4. The SMILES string of the molecule is COc1cccc(NC(N)=NCC2CCCCN2S(=O)(=O)N(C)C)c1.I. The van der Waals surface area contributed by atoms with Crippen molar-refractivity contribution in [3.8, 4) is 5.75 Å². The molecule has 1 saturated heterocycles. The van der Waals surface area contributed by atoms with Crippen molar-refractivity contribution in [2.45, 2.75) is 25.3 Å². The van der Waals surface area contributed by atoms with Gasteiger partial charge in [0, 0.05) is 38.4 Å². The highest BCUT2D eigenvalue weighted by Crippen LogP contribution is 2.22. The van der Waals surface area contributed by atoms with Crippen LogP contribution in [0, 0.1) is 0 Å². The lowest BCUT2D eigenvalue weighted by atomic mass is 10.1. The number of hydrogen-bond acceptors (Lipinski definition) is 4. The van der Waals surface area contributed by atoms with Crippen molar-refractivity contribution >= 4 is 45.8 Å². The number of methoxy groups -OCH3 is 1. The maximum atomic E-state index is 12.4. The summed E-state index contributed by atoms with van der Waals surface area (Å²) in [5.74, 6) is 0.967. The van der Waals surface area contributed by atoms with Crippen LogP contribution in [-0.4, -0.2) is 63.3 Å². The number of hydrogen-bond donors (Lipinski definition) is 2. The fourth-order valence-electron chi connectivity index (χ4n) is 2.76. The Balaban J connectivity index is 0.00000338. The lowest BCUT2D eigenvalue weighted by Crippen LogP contribution is -2.50. The molecule has 0 aromatic heterocycles. The maximum Gasteiger partial charge on any atom is 0.281 e. The van der Waals surface area contributed by atoms with Crippen LogP contribution in [0.1, 0.15) is 19.3 Å². The Morgan fingerprint density at radius 3 is 2.81 bits per heavy atom. The van der Waals surface area contributed by atoms with Crippen molar-refractivity contribution in [1.82, 2.24) is 8.61 Å². The molecule has 0 saturated carbocycles. The van der Waals surface area contributed by atoms with Crippen molar-refractivity contribution in [3.05, 3.63) is 24.3 Å². The molecule has 1 aromatic rings. The fraction of sp³-hybridized carbons (Fsp3) is 0.562. The largest absolute Gasteiger partial charge is 0.497 e. The van der Waals surface area contributed by atoms with E-state index in [1.165, 1.54) is 8.61 Å². The van der Waals surface area contributed by atoms with E-state index in [0.717, 1.165) is 24.9 Å². The molecule has 0 amide bonds. The minimum Gasteiger partial charge on any atom is -0.497 e. The summed E-state index contributed by atoms with van der Waals surface area (Å²) in [5.41, 5.74) is 6.71. The predicted molar refractivity (Wildman–Crippen MR) is 115 cm³/mol. The number of halogens is 1. The molecule has 1 aromatic carbocycles. The van der Waals surface area contributed by atoms with Crippen LogP contribution in [0.2, 0.25) is 0 Å². The summed E-state index contributed by atoms with van der Waals surface area (Å²) in [7, 11) is 1.24. The first-order valence-corrected chi connectivity index (χ1v) is 9.64. The Labute approximate surface area is 173 Å². The number of ether oxygens (including phenoxy) is 1. The first kappa shape index (κ1) is 22.9. The van der Waals surface area contributed by atoms with E-state index in [2.05, 4.69) is 10.3 Å². The van der Waals surface area contributed by atoms with Gasteiger partial charge in [-0.15, -0.1) is 24.0 Å². The quantitative estimate of drug-likeness (QED) is 0.354. The monoisotopic (exact) mass is 497 g/mol. The van der Waals surface area contributed by atoms with Gasteiger partial charge in [-0.3, -0.25) is 4.99 Å². The Morgan fingerprint density at radius 2 is 2.15 bits per heavy atom. The molecule has 1 fully saturated rings. The smallest absolute Gasteiger partial charge is 0.281 e. The molecule has 1 aliphatic heterocycles. The molecular formula is C16H28IN5O3S. The van der Waals surface area contributed by atoms with E-state index in [1.54, 1.807) is 21.2 Å². The zero-order chi connectivity index (χ0) is 18.4. The van der Waals surface area contributed by atoms with Crippen LogP contribution in [0.4, 0.5) is 5.69 Å². The van der Waals surface area contributed by atoms with Crippen molar-refractivity contribution in [1.29, 1.82) is 0 Å².